The van der Waals surface area contributed by atoms with Crippen LogP contribution in [0.4, 0.5) is 26.3 Å². The molecule has 0 saturated carbocycles. The maximum atomic E-state index is 13.5. The van der Waals surface area contributed by atoms with Crippen molar-refractivity contribution in [3.8, 4) is 74.1 Å². The van der Waals surface area contributed by atoms with E-state index in [1.807, 2.05) is 121 Å². The summed E-state index contributed by atoms with van der Waals surface area (Å²) in [6.45, 7) is 8.65. The third-order valence-corrected chi connectivity index (χ3v) is 16.2. The van der Waals surface area contributed by atoms with Gasteiger partial charge in [0.1, 0.15) is 39.3 Å². The highest BCUT2D eigenvalue weighted by Gasteiger charge is 2.28. The molecule has 1 aromatic heterocycles. The minimum absolute atomic E-state index is 0.133. The molecule has 6 atom stereocenters. The first-order valence-electron chi connectivity index (χ1n) is 32.0. The molecule has 6 aromatic rings. The van der Waals surface area contributed by atoms with Crippen LogP contribution >= 0.6 is 0 Å². The topological polar surface area (TPSA) is 32.6 Å². The third kappa shape index (κ3) is 30.6. The zero-order valence-corrected chi connectivity index (χ0v) is 55.3. The highest BCUT2D eigenvalue weighted by Crippen LogP contribution is 2.36. The number of alkyl halides is 6. The highest BCUT2D eigenvalue weighted by atomic mass is 18.2. The predicted molar refractivity (Wildman–Crippen MR) is 374 cm³/mol. The molecular weight excluding hydrogens is 1170 g/mol. The van der Waals surface area contributed by atoms with Crippen LogP contribution < -0.4 is 0 Å². The molecule has 1 heterocycles. The summed E-state index contributed by atoms with van der Waals surface area (Å²) in [7, 11) is 1.69. The quantitative estimate of drug-likeness (QED) is 0.0263. The second-order valence-electron chi connectivity index (χ2n) is 22.8. The number of hydrogen-bond donors (Lipinski definition) is 0. The number of rotatable bonds is 29. The van der Waals surface area contributed by atoms with Crippen molar-refractivity contribution in [2.45, 2.75) is 115 Å². The number of furan rings is 1. The Bertz CT molecular complexity index is 3140. The van der Waals surface area contributed by atoms with Crippen LogP contribution in [0.15, 0.2) is 162 Å². The predicted octanol–water partition coefficient (Wildman–Crippen LogP) is 14.8. The Morgan fingerprint density at radius 3 is 1.24 bits per heavy atom. The fourth-order valence-corrected chi connectivity index (χ4v) is 11.2. The monoisotopic (exact) mass is 1270 g/mol. The molecule has 0 N–H and O–H groups in total. The van der Waals surface area contributed by atoms with Crippen molar-refractivity contribution in [2.75, 3.05) is 106 Å². The molecule has 6 unspecified atom stereocenters. The largest absolute Gasteiger partial charge is 0.469 e. The zero-order chi connectivity index (χ0) is 67.9. The first kappa shape index (κ1) is 79.3. The van der Waals surface area contributed by atoms with E-state index < -0.39 is 13.1 Å². The number of benzene rings is 5. The van der Waals surface area contributed by atoms with Gasteiger partial charge in [0, 0.05) is 69.2 Å². The van der Waals surface area contributed by atoms with Crippen molar-refractivity contribution < 1.29 is 30.8 Å². The second-order valence-corrected chi connectivity index (χ2v) is 22.8. The third-order valence-electron chi connectivity index (χ3n) is 16.2. The molecule has 2 aliphatic rings. The summed E-state index contributed by atoms with van der Waals surface area (Å²) in [5, 5.41) is 0. The van der Waals surface area contributed by atoms with E-state index in [1.165, 1.54) is 38.3 Å². The van der Waals surface area contributed by atoms with Crippen LogP contribution in [-0.4, -0.2) is 160 Å². The fraction of sp³-hybridized carbons (Fsp3) is 0.425. The molecule has 0 amide bonds. The molecule has 496 valence electrons. The first-order valence-corrected chi connectivity index (χ1v) is 32.0. The van der Waals surface area contributed by atoms with Gasteiger partial charge in [0.25, 0.3) is 0 Å². The Balaban J connectivity index is 0.000000291. The molecule has 0 radical (unpaired) electrons. The normalized spacial score (nSPS) is 14.6. The Morgan fingerprint density at radius 1 is 0.430 bits per heavy atom. The van der Waals surface area contributed by atoms with Gasteiger partial charge in [-0.1, -0.05) is 175 Å². The summed E-state index contributed by atoms with van der Waals surface area (Å²) in [5.74, 6) is 16.2. The average molecular weight is 1270 g/mol. The molecular formula is C80H98F6N6O. The van der Waals surface area contributed by atoms with Crippen LogP contribution in [0, 0.1) is 74.1 Å². The number of terminal acetylenes is 6. The first-order chi connectivity index (χ1) is 45.3. The summed E-state index contributed by atoms with van der Waals surface area (Å²) in [4.78, 5) is 11.2. The summed E-state index contributed by atoms with van der Waals surface area (Å²) >= 11 is 0. The van der Waals surface area contributed by atoms with Gasteiger partial charge in [-0.25, -0.2) is 26.3 Å². The van der Waals surface area contributed by atoms with Gasteiger partial charge >= 0.3 is 0 Å². The van der Waals surface area contributed by atoms with Gasteiger partial charge in [-0.15, -0.1) is 38.5 Å². The Hall–Kier alpha value is -7.92. The summed E-state index contributed by atoms with van der Waals surface area (Å²) in [5.41, 5.74) is 8.90. The molecule has 0 spiro atoms. The zero-order valence-electron chi connectivity index (χ0n) is 55.3. The molecule has 0 fully saturated rings. The molecule has 0 bridgehead atoms. The van der Waals surface area contributed by atoms with Gasteiger partial charge in [0.05, 0.1) is 45.5 Å². The van der Waals surface area contributed by atoms with Gasteiger partial charge in [0.2, 0.25) is 0 Å². The lowest BCUT2D eigenvalue weighted by atomic mass is 9.87. The van der Waals surface area contributed by atoms with Crippen molar-refractivity contribution in [3.63, 3.8) is 0 Å². The molecule has 0 aliphatic heterocycles. The van der Waals surface area contributed by atoms with Crippen LogP contribution in [0.3, 0.4) is 0 Å². The van der Waals surface area contributed by atoms with Crippen LogP contribution in [0.2, 0.25) is 0 Å². The van der Waals surface area contributed by atoms with Gasteiger partial charge < -0.3 is 4.42 Å². The van der Waals surface area contributed by atoms with E-state index in [-0.39, 0.29) is 44.8 Å². The van der Waals surface area contributed by atoms with Gasteiger partial charge in [0.15, 0.2) is 6.30 Å². The van der Waals surface area contributed by atoms with E-state index in [9.17, 15) is 26.3 Å². The lowest BCUT2D eigenvalue weighted by Gasteiger charge is -2.34. The molecule has 93 heavy (non-hydrogen) atoms. The van der Waals surface area contributed by atoms with Crippen LogP contribution in [-0.2, 0) is 38.5 Å². The molecule has 0 saturated heterocycles. The minimum Gasteiger partial charge on any atom is -0.469 e. The Labute approximate surface area is 555 Å². The van der Waals surface area contributed by atoms with Crippen LogP contribution in [0.5, 0.6) is 0 Å². The van der Waals surface area contributed by atoms with Crippen molar-refractivity contribution in [1.82, 2.24) is 29.4 Å². The van der Waals surface area contributed by atoms with Crippen molar-refractivity contribution in [1.29, 1.82) is 0 Å². The summed E-state index contributed by atoms with van der Waals surface area (Å²) < 4.78 is 81.1. The Morgan fingerprint density at radius 2 is 0.817 bits per heavy atom. The number of fused-ring (bicyclic) bond motifs is 2. The van der Waals surface area contributed by atoms with Gasteiger partial charge in [-0.2, -0.15) is 0 Å². The standard InChI is InChI=1S/C15H18FN.C14H16FN.C14H18FN.C13H16FN.C12H16FNO.C12H14FN/c1-2-11-17(12-10-16)15-9-5-7-13-6-3-4-8-14(13)15;1-2-10-16(11-9-15)14-8-7-12-5-3-4-6-13(12)14;1-3-10-16(11-9-15)13(2)12-14-7-5-4-6-8-14;1-3-9-15(11-14)12(2)10-13-7-5-4-6-8-13;1-3-7-14(8-6-13)11(2)10-12-5-4-9-15-12;1-3-9-14(2)12(13)10-11-7-5-4-6-8-11/h1,3-4,6,8,15H,5,7,9-12H2;1,3-6,14H,7-11H2;1,4-8,13H,9-12H2,2H3;1,4-8,12H,9-11H2,2H3;1,4-5,9,11H,6-8,10H2,2H3;1,4-8,12H,9-10H2,2H3/i16-1;2*15-1;14-1;2*13-1. The SMILES string of the molecule is C#CCN(C)C([18F])Cc1ccccc1.C#CCN(CC[18F])C(C)Cc1ccccc1.C#CCN(CC[18F])C(C)Cc1ccco1.C#CCN(CC[18F])C1CCCc2ccccc21.C#CCN(CC[18F])C1CCc2ccccc21.C#CCN(C[18F])C(C)Cc1ccccc1. The van der Waals surface area contributed by atoms with E-state index >= 15 is 0 Å². The fourth-order valence-electron chi connectivity index (χ4n) is 11.2. The minimum atomic E-state index is -1.01. The molecule has 8 rings (SSSR count). The van der Waals surface area contributed by atoms with Gasteiger partial charge in [-0.3, -0.25) is 29.4 Å². The molecule has 5 aromatic carbocycles. The maximum absolute atomic E-state index is 13.5. The van der Waals surface area contributed by atoms with Gasteiger partial charge in [-0.05, 0) is 124 Å². The van der Waals surface area contributed by atoms with Crippen molar-refractivity contribution in [2.24, 2.45) is 0 Å². The lowest BCUT2D eigenvalue weighted by molar-refractivity contribution is 0.125. The van der Waals surface area contributed by atoms with Crippen molar-refractivity contribution in [3.05, 3.63) is 203 Å². The second kappa shape index (κ2) is 48.8. The van der Waals surface area contributed by atoms with E-state index in [0.717, 1.165) is 62.7 Å². The van der Waals surface area contributed by atoms with E-state index in [0.29, 0.717) is 84.0 Å². The van der Waals surface area contributed by atoms with Crippen LogP contribution in [0.25, 0.3) is 0 Å². The van der Waals surface area contributed by atoms with E-state index in [4.69, 9.17) is 43.0 Å². The van der Waals surface area contributed by atoms with E-state index in [1.54, 1.807) is 18.2 Å². The maximum Gasteiger partial charge on any atom is 0.158 e. The van der Waals surface area contributed by atoms with Crippen molar-refractivity contribution >= 4 is 0 Å². The number of halogens is 6. The average Bonchev–Trinajstić information content (AvgIpc) is 1.85. The smallest absolute Gasteiger partial charge is 0.158 e. The Kier molecular flexibility index (Phi) is 41.6. The number of aryl methyl sites for hydroxylation is 2. The number of nitrogens with zero attached hydrogens (tertiary/aromatic N) is 6. The molecule has 13 heteroatoms. The number of hydrogen-bond acceptors (Lipinski definition) is 7. The number of likely N-dealkylation sites (N-methyl/N-ethyl adjacent to an activating group) is 1. The highest BCUT2D eigenvalue weighted by molar-refractivity contribution is 5.35. The van der Waals surface area contributed by atoms with Crippen LogP contribution in [0.1, 0.15) is 96.8 Å². The lowest BCUT2D eigenvalue weighted by Crippen LogP contribution is -2.36. The van der Waals surface area contributed by atoms with E-state index in [2.05, 4.69) is 107 Å². The molecule has 2 aliphatic carbocycles. The molecule has 7 nitrogen and oxygen atoms in total. The summed E-state index contributed by atoms with van der Waals surface area (Å²) in [6, 6.07) is 51.6. The summed E-state index contributed by atoms with van der Waals surface area (Å²) in [6.07, 6.45) is 40.5.